The minimum Gasteiger partial charge on any atom is -0.489 e. The van der Waals surface area contributed by atoms with E-state index >= 15 is 0 Å². The van der Waals surface area contributed by atoms with E-state index in [2.05, 4.69) is 6.58 Å². The lowest BCUT2D eigenvalue weighted by Gasteiger charge is -2.22. The van der Waals surface area contributed by atoms with Crippen molar-refractivity contribution in [2.45, 2.75) is 33.9 Å². The second-order valence-electron chi connectivity index (χ2n) is 7.47. The van der Waals surface area contributed by atoms with Crippen LogP contribution < -0.4 is 15.9 Å². The number of nitrogens with zero attached hydrogens (tertiary/aromatic N) is 4. The first-order chi connectivity index (χ1) is 13.2. The Morgan fingerprint density at radius 2 is 1.64 bits per heavy atom. The summed E-state index contributed by atoms with van der Waals surface area (Å²) in [7, 11) is 0. The number of aromatic nitrogens is 2. The predicted molar refractivity (Wildman–Crippen MR) is 105 cm³/mol. The van der Waals surface area contributed by atoms with Gasteiger partial charge in [0, 0.05) is 12.1 Å². The zero-order valence-electron chi connectivity index (χ0n) is 16.2. The Labute approximate surface area is 163 Å². The van der Waals surface area contributed by atoms with Gasteiger partial charge >= 0.3 is 11.1 Å². The molecular weight excluding hydrogens is 356 g/mol. The number of nitriles is 2. The van der Waals surface area contributed by atoms with Gasteiger partial charge in [-0.2, -0.15) is 10.5 Å². The second-order valence-corrected chi connectivity index (χ2v) is 7.47. The van der Waals surface area contributed by atoms with Crippen LogP contribution in [-0.2, 0) is 13.1 Å². The zero-order valence-corrected chi connectivity index (χ0v) is 16.2. The summed E-state index contributed by atoms with van der Waals surface area (Å²) in [5.74, 6) is 0.510. The van der Waals surface area contributed by atoms with Crippen LogP contribution >= 0.6 is 0 Å². The lowest BCUT2D eigenvalue weighted by molar-refractivity contribution is 0.333. The summed E-state index contributed by atoms with van der Waals surface area (Å²) < 4.78 is 7.72. The van der Waals surface area contributed by atoms with E-state index in [9.17, 15) is 20.1 Å². The van der Waals surface area contributed by atoms with Crippen LogP contribution in [0.25, 0.3) is 0 Å². The molecule has 1 aromatic carbocycles. The molecule has 0 saturated carbocycles. The van der Waals surface area contributed by atoms with E-state index in [1.165, 1.54) is 0 Å². The van der Waals surface area contributed by atoms with Gasteiger partial charge in [0.15, 0.2) is 11.4 Å². The molecule has 0 bridgehead atoms. The maximum absolute atomic E-state index is 12.8. The highest BCUT2D eigenvalue weighted by atomic mass is 16.5. The van der Waals surface area contributed by atoms with E-state index in [1.54, 1.807) is 30.3 Å². The minimum absolute atomic E-state index is 0.0602. The van der Waals surface area contributed by atoms with E-state index in [1.807, 2.05) is 32.9 Å². The summed E-state index contributed by atoms with van der Waals surface area (Å²) in [4.78, 5) is 25.5. The number of hydrogen-bond donors (Lipinski definition) is 0. The highest BCUT2D eigenvalue weighted by Crippen LogP contribution is 2.21. The summed E-state index contributed by atoms with van der Waals surface area (Å²) in [6.45, 7) is 9.60. The van der Waals surface area contributed by atoms with E-state index in [0.717, 1.165) is 9.13 Å². The van der Waals surface area contributed by atoms with Crippen LogP contribution in [0.15, 0.2) is 46.5 Å². The molecule has 2 rings (SSSR count). The number of para-hydroxylation sites is 1. The molecule has 0 N–H and O–H groups in total. The maximum Gasteiger partial charge on any atom is 0.317 e. The lowest BCUT2D eigenvalue weighted by atomic mass is 9.96. The Bertz CT molecular complexity index is 1090. The maximum atomic E-state index is 12.8. The standard InChI is InChI=1S/C21H22N4O3/c1-5-10-28-18-9-7-6-8-15(18)13-24-16(11-22)17(12-23)25(14-21(2,3)4)20(27)19(24)26/h5-9H,1,10,13-14H2,2-4H3. The molecule has 0 atom stereocenters. The van der Waals surface area contributed by atoms with E-state index < -0.39 is 11.1 Å². The van der Waals surface area contributed by atoms with Crippen LogP contribution in [0, 0.1) is 28.1 Å². The molecule has 0 aliphatic rings. The largest absolute Gasteiger partial charge is 0.489 e. The fraction of sp³-hybridized carbons (Fsp3) is 0.333. The molecule has 0 fully saturated rings. The summed E-state index contributed by atoms with van der Waals surface area (Å²) in [5, 5.41) is 19.2. The highest BCUT2D eigenvalue weighted by molar-refractivity contribution is 5.39. The molecule has 0 amide bonds. The third kappa shape index (κ3) is 4.39. The molecule has 1 aromatic heterocycles. The predicted octanol–water partition coefficient (Wildman–Crippen LogP) is 2.41. The van der Waals surface area contributed by atoms with Gasteiger partial charge < -0.3 is 4.74 Å². The molecule has 0 radical (unpaired) electrons. The van der Waals surface area contributed by atoms with E-state index in [0.29, 0.717) is 11.3 Å². The summed E-state index contributed by atoms with van der Waals surface area (Å²) in [5.41, 5.74) is -1.68. The van der Waals surface area contributed by atoms with Gasteiger partial charge in [-0.15, -0.1) is 0 Å². The Hall–Kier alpha value is -3.58. The fourth-order valence-corrected chi connectivity index (χ4v) is 2.79. The second kappa shape index (κ2) is 8.41. The minimum atomic E-state index is -0.849. The van der Waals surface area contributed by atoms with Crippen LogP contribution in [-0.4, -0.2) is 15.7 Å². The van der Waals surface area contributed by atoms with Crippen LogP contribution in [0.4, 0.5) is 0 Å². The van der Waals surface area contributed by atoms with Gasteiger partial charge in [0.25, 0.3) is 0 Å². The number of hydrogen-bond acceptors (Lipinski definition) is 5. The van der Waals surface area contributed by atoms with Crippen LogP contribution in [0.3, 0.4) is 0 Å². The van der Waals surface area contributed by atoms with Gasteiger partial charge in [0.1, 0.15) is 24.5 Å². The summed E-state index contributed by atoms with van der Waals surface area (Å²) >= 11 is 0. The normalized spacial score (nSPS) is 10.8. The van der Waals surface area contributed by atoms with Gasteiger partial charge in [-0.25, -0.2) is 0 Å². The molecule has 7 nitrogen and oxygen atoms in total. The van der Waals surface area contributed by atoms with Crippen molar-refractivity contribution in [1.29, 1.82) is 10.5 Å². The molecule has 2 aromatic rings. The van der Waals surface area contributed by atoms with Gasteiger partial charge in [-0.1, -0.05) is 51.6 Å². The van der Waals surface area contributed by atoms with Crippen molar-refractivity contribution < 1.29 is 4.74 Å². The highest BCUT2D eigenvalue weighted by Gasteiger charge is 2.23. The molecule has 0 spiro atoms. The smallest absolute Gasteiger partial charge is 0.317 e. The van der Waals surface area contributed by atoms with Crippen molar-refractivity contribution in [3.8, 4) is 17.9 Å². The number of benzene rings is 1. The van der Waals surface area contributed by atoms with Gasteiger partial charge in [-0.3, -0.25) is 18.7 Å². The van der Waals surface area contributed by atoms with Crippen molar-refractivity contribution in [2.75, 3.05) is 6.61 Å². The lowest BCUT2D eigenvalue weighted by Crippen LogP contribution is -2.45. The molecule has 0 aliphatic carbocycles. The van der Waals surface area contributed by atoms with Crippen molar-refractivity contribution in [3.05, 3.63) is 74.6 Å². The van der Waals surface area contributed by atoms with Crippen molar-refractivity contribution in [3.63, 3.8) is 0 Å². The molecule has 7 heteroatoms. The first-order valence-corrected chi connectivity index (χ1v) is 8.73. The van der Waals surface area contributed by atoms with Gasteiger partial charge in [0.05, 0.1) is 6.54 Å². The number of ether oxygens (including phenoxy) is 1. The third-order valence-electron chi connectivity index (χ3n) is 3.94. The first kappa shape index (κ1) is 20.7. The van der Waals surface area contributed by atoms with E-state index in [-0.39, 0.29) is 36.5 Å². The van der Waals surface area contributed by atoms with Crippen molar-refractivity contribution in [1.82, 2.24) is 9.13 Å². The summed E-state index contributed by atoms with van der Waals surface area (Å²) in [6, 6.07) is 10.8. The SMILES string of the molecule is C=CCOc1ccccc1Cn1c(C#N)c(C#N)n(CC(C)(C)C)c(=O)c1=O. The van der Waals surface area contributed by atoms with Crippen molar-refractivity contribution >= 4 is 0 Å². The Kier molecular flexibility index (Phi) is 6.22. The topological polar surface area (TPSA) is 101 Å². The quantitative estimate of drug-likeness (QED) is 0.567. The Morgan fingerprint density at radius 3 is 2.21 bits per heavy atom. The van der Waals surface area contributed by atoms with Crippen molar-refractivity contribution in [2.24, 2.45) is 5.41 Å². The molecular formula is C21H22N4O3. The number of rotatable bonds is 6. The first-order valence-electron chi connectivity index (χ1n) is 8.73. The molecule has 1 heterocycles. The van der Waals surface area contributed by atoms with Gasteiger partial charge in [0.2, 0.25) is 0 Å². The summed E-state index contributed by atoms with van der Waals surface area (Å²) in [6.07, 6.45) is 1.59. The molecule has 28 heavy (non-hydrogen) atoms. The Morgan fingerprint density at radius 1 is 1.07 bits per heavy atom. The average molecular weight is 378 g/mol. The zero-order chi connectivity index (χ0) is 20.9. The van der Waals surface area contributed by atoms with Crippen LogP contribution in [0.5, 0.6) is 5.75 Å². The molecule has 144 valence electrons. The Balaban J connectivity index is 2.68. The van der Waals surface area contributed by atoms with E-state index in [4.69, 9.17) is 4.74 Å². The third-order valence-corrected chi connectivity index (χ3v) is 3.94. The molecule has 0 aliphatic heterocycles. The fourth-order valence-electron chi connectivity index (χ4n) is 2.79. The average Bonchev–Trinajstić information content (AvgIpc) is 2.65. The monoisotopic (exact) mass is 378 g/mol. The van der Waals surface area contributed by atoms with Crippen LogP contribution in [0.1, 0.15) is 37.7 Å². The van der Waals surface area contributed by atoms with Crippen LogP contribution in [0.2, 0.25) is 0 Å². The van der Waals surface area contributed by atoms with Gasteiger partial charge in [-0.05, 0) is 11.5 Å². The molecule has 0 unspecified atom stereocenters. The molecule has 0 saturated heterocycles.